The largest absolute Gasteiger partial charge is 0.485 e. The summed E-state index contributed by atoms with van der Waals surface area (Å²) in [7, 11) is 0. The first-order valence-electron chi connectivity index (χ1n) is 7.38. The van der Waals surface area contributed by atoms with Gasteiger partial charge >= 0.3 is 0 Å². The first-order chi connectivity index (χ1) is 11.8. The van der Waals surface area contributed by atoms with Crippen LogP contribution in [0.1, 0.15) is 21.5 Å². The number of para-hydroxylation sites is 2. The lowest BCUT2D eigenvalue weighted by molar-refractivity contribution is 0.0906. The Labute approximate surface area is 142 Å². The van der Waals surface area contributed by atoms with Crippen LogP contribution in [0, 0.1) is 0 Å². The molecule has 1 aliphatic heterocycles. The fourth-order valence-corrected chi connectivity index (χ4v) is 3.07. The number of nitrogens with one attached hydrogen (secondary N) is 1. The number of aromatic nitrogens is 2. The molecule has 6 nitrogen and oxygen atoms in total. The van der Waals surface area contributed by atoms with Crippen LogP contribution >= 0.6 is 11.3 Å². The minimum absolute atomic E-state index is 0.218. The highest BCUT2D eigenvalue weighted by molar-refractivity contribution is 7.15. The molecule has 2 heterocycles. The van der Waals surface area contributed by atoms with Gasteiger partial charge in [0.25, 0.3) is 5.91 Å². The fraction of sp³-hybridized carbons (Fsp3) is 0.118. The molecule has 4 rings (SSSR count). The Kier molecular flexibility index (Phi) is 3.84. The maximum atomic E-state index is 12.1. The van der Waals surface area contributed by atoms with Crippen LogP contribution in [-0.2, 0) is 0 Å². The van der Waals surface area contributed by atoms with Gasteiger partial charge in [-0.2, -0.15) is 0 Å². The van der Waals surface area contributed by atoms with E-state index < -0.39 is 0 Å². The summed E-state index contributed by atoms with van der Waals surface area (Å²) in [4.78, 5) is 12.1. The van der Waals surface area contributed by atoms with Crippen LogP contribution in [0.15, 0.2) is 54.6 Å². The zero-order valence-corrected chi connectivity index (χ0v) is 13.3. The number of fused-ring (bicyclic) bond motifs is 1. The zero-order chi connectivity index (χ0) is 16.4. The van der Waals surface area contributed by atoms with Crippen LogP contribution in [0.25, 0.3) is 0 Å². The van der Waals surface area contributed by atoms with Gasteiger partial charge in [-0.3, -0.25) is 10.1 Å². The van der Waals surface area contributed by atoms with E-state index >= 15 is 0 Å². The molecule has 1 aliphatic rings. The molecule has 3 aromatic rings. The van der Waals surface area contributed by atoms with Crippen LogP contribution in [0.3, 0.4) is 0 Å². The first-order valence-corrected chi connectivity index (χ1v) is 8.19. The molecule has 0 aliphatic carbocycles. The Morgan fingerprint density at radius 1 is 1.04 bits per heavy atom. The van der Waals surface area contributed by atoms with Crippen molar-refractivity contribution >= 4 is 22.4 Å². The summed E-state index contributed by atoms with van der Waals surface area (Å²) in [6.07, 6.45) is -0.334. The lowest BCUT2D eigenvalue weighted by Gasteiger charge is -2.24. The topological polar surface area (TPSA) is 73.3 Å². The Morgan fingerprint density at radius 3 is 2.62 bits per heavy atom. The number of amides is 1. The zero-order valence-electron chi connectivity index (χ0n) is 12.5. The third-order valence-electron chi connectivity index (χ3n) is 3.48. The molecule has 1 amide bonds. The molecule has 1 N–H and O–H groups in total. The molecule has 1 aromatic heterocycles. The van der Waals surface area contributed by atoms with E-state index in [4.69, 9.17) is 9.47 Å². The number of hydrogen-bond donors (Lipinski definition) is 1. The van der Waals surface area contributed by atoms with Crippen LogP contribution in [0.2, 0.25) is 0 Å². The van der Waals surface area contributed by atoms with E-state index in [9.17, 15) is 4.79 Å². The SMILES string of the molecule is O=C(Nc1nnc(C2COc3ccccc3O2)s1)c1ccccc1. The Hall–Kier alpha value is -2.93. The van der Waals surface area contributed by atoms with Gasteiger partial charge in [-0.15, -0.1) is 10.2 Å². The minimum atomic E-state index is -0.334. The van der Waals surface area contributed by atoms with Crippen LogP contribution < -0.4 is 14.8 Å². The minimum Gasteiger partial charge on any atom is -0.485 e. The fourth-order valence-electron chi connectivity index (χ4n) is 2.32. The van der Waals surface area contributed by atoms with E-state index in [1.54, 1.807) is 12.1 Å². The summed E-state index contributed by atoms with van der Waals surface area (Å²) in [5.41, 5.74) is 0.570. The molecule has 0 saturated heterocycles. The number of anilines is 1. The van der Waals surface area contributed by atoms with Gasteiger partial charge in [-0.25, -0.2) is 0 Å². The summed E-state index contributed by atoms with van der Waals surface area (Å²) in [5, 5.41) is 12.0. The summed E-state index contributed by atoms with van der Waals surface area (Å²) < 4.78 is 11.6. The first kappa shape index (κ1) is 14.6. The van der Waals surface area contributed by atoms with Gasteiger partial charge in [-0.1, -0.05) is 41.7 Å². The summed E-state index contributed by atoms with van der Waals surface area (Å²) >= 11 is 1.28. The van der Waals surface area contributed by atoms with Gasteiger partial charge in [-0.05, 0) is 24.3 Å². The van der Waals surface area contributed by atoms with E-state index in [1.807, 2.05) is 42.5 Å². The number of ether oxygens (including phenoxy) is 2. The number of rotatable bonds is 3. The predicted octanol–water partition coefficient (Wildman–Crippen LogP) is 3.30. The van der Waals surface area contributed by atoms with E-state index in [0.717, 1.165) is 5.75 Å². The Bertz CT molecular complexity index is 866. The number of carbonyl (C=O) groups is 1. The number of carbonyl (C=O) groups excluding carboxylic acids is 1. The van der Waals surface area contributed by atoms with Crippen molar-refractivity contribution in [3.05, 3.63) is 65.2 Å². The molecule has 24 heavy (non-hydrogen) atoms. The lowest BCUT2D eigenvalue weighted by atomic mass is 10.2. The van der Waals surface area contributed by atoms with Crippen molar-refractivity contribution in [1.82, 2.24) is 10.2 Å². The molecule has 1 unspecified atom stereocenters. The van der Waals surface area contributed by atoms with Crippen molar-refractivity contribution in [2.24, 2.45) is 0 Å². The van der Waals surface area contributed by atoms with Crippen molar-refractivity contribution in [2.75, 3.05) is 11.9 Å². The van der Waals surface area contributed by atoms with Gasteiger partial charge in [0.1, 0.15) is 6.61 Å². The van der Waals surface area contributed by atoms with Gasteiger partial charge in [0.05, 0.1) is 0 Å². The molecular weight excluding hydrogens is 326 g/mol. The van der Waals surface area contributed by atoms with Crippen LogP contribution in [0.4, 0.5) is 5.13 Å². The normalized spacial score (nSPS) is 15.8. The molecule has 0 radical (unpaired) electrons. The maximum Gasteiger partial charge on any atom is 0.257 e. The summed E-state index contributed by atoms with van der Waals surface area (Å²) in [6, 6.07) is 16.4. The predicted molar refractivity (Wildman–Crippen MR) is 89.6 cm³/mol. The maximum absolute atomic E-state index is 12.1. The standard InChI is InChI=1S/C17H13N3O3S/c21-15(11-6-2-1-3-7-11)18-17-20-19-16(24-17)14-10-22-12-8-4-5-9-13(12)23-14/h1-9,14H,10H2,(H,18,20,21). The Morgan fingerprint density at radius 2 is 1.79 bits per heavy atom. The highest BCUT2D eigenvalue weighted by Gasteiger charge is 2.26. The molecule has 0 saturated carbocycles. The van der Waals surface area contributed by atoms with Crippen molar-refractivity contribution in [1.29, 1.82) is 0 Å². The molecule has 0 fully saturated rings. The molecule has 0 bridgehead atoms. The van der Waals surface area contributed by atoms with Gasteiger partial charge < -0.3 is 9.47 Å². The lowest BCUT2D eigenvalue weighted by Crippen LogP contribution is -2.21. The van der Waals surface area contributed by atoms with Crippen molar-refractivity contribution < 1.29 is 14.3 Å². The second-order valence-electron chi connectivity index (χ2n) is 5.13. The van der Waals surface area contributed by atoms with E-state index in [1.165, 1.54) is 11.3 Å². The number of hydrogen-bond acceptors (Lipinski definition) is 6. The second kappa shape index (κ2) is 6.29. The average molecular weight is 339 g/mol. The summed E-state index contributed by atoms with van der Waals surface area (Å²) in [6.45, 7) is 0.359. The number of nitrogens with zero attached hydrogens (tertiary/aromatic N) is 2. The molecule has 120 valence electrons. The molecular formula is C17H13N3O3S. The van der Waals surface area contributed by atoms with E-state index in [-0.39, 0.29) is 12.0 Å². The highest BCUT2D eigenvalue weighted by atomic mass is 32.1. The Balaban J connectivity index is 1.47. The van der Waals surface area contributed by atoms with E-state index in [0.29, 0.717) is 28.1 Å². The highest BCUT2D eigenvalue weighted by Crippen LogP contribution is 2.37. The quantitative estimate of drug-likeness (QED) is 0.792. The molecule has 7 heteroatoms. The van der Waals surface area contributed by atoms with E-state index in [2.05, 4.69) is 15.5 Å². The van der Waals surface area contributed by atoms with Crippen LogP contribution in [-0.4, -0.2) is 22.7 Å². The summed E-state index contributed by atoms with van der Waals surface area (Å²) in [5.74, 6) is 1.18. The smallest absolute Gasteiger partial charge is 0.257 e. The molecule has 2 aromatic carbocycles. The third kappa shape index (κ3) is 2.93. The van der Waals surface area contributed by atoms with Gasteiger partial charge in [0, 0.05) is 5.56 Å². The monoisotopic (exact) mass is 339 g/mol. The van der Waals surface area contributed by atoms with Gasteiger partial charge in [0.2, 0.25) is 5.13 Å². The second-order valence-corrected chi connectivity index (χ2v) is 6.14. The molecule has 0 spiro atoms. The molecule has 1 atom stereocenters. The van der Waals surface area contributed by atoms with Crippen molar-refractivity contribution in [3.8, 4) is 11.5 Å². The van der Waals surface area contributed by atoms with Gasteiger partial charge in [0.15, 0.2) is 22.6 Å². The van der Waals surface area contributed by atoms with Crippen molar-refractivity contribution in [2.45, 2.75) is 6.10 Å². The van der Waals surface area contributed by atoms with Crippen LogP contribution in [0.5, 0.6) is 11.5 Å². The number of benzene rings is 2. The average Bonchev–Trinajstić information content (AvgIpc) is 3.10. The third-order valence-corrected chi connectivity index (χ3v) is 4.41. The van der Waals surface area contributed by atoms with Crippen molar-refractivity contribution in [3.63, 3.8) is 0 Å².